The fourth-order valence-corrected chi connectivity index (χ4v) is 4.94. The molecule has 0 saturated heterocycles. The van der Waals surface area contributed by atoms with Crippen LogP contribution in [-0.2, 0) is 16.1 Å². The maximum Gasteiger partial charge on any atom is 0.407 e. The number of carbonyl (C=O) groups excluding carboxylic acids is 2. The summed E-state index contributed by atoms with van der Waals surface area (Å²) in [5.74, 6) is -1.41. The van der Waals surface area contributed by atoms with E-state index >= 15 is 0 Å². The Morgan fingerprint density at radius 3 is 2.29 bits per heavy atom. The van der Waals surface area contributed by atoms with Crippen molar-refractivity contribution in [3.63, 3.8) is 0 Å². The molecule has 3 aromatic rings. The molecular weight excluding hydrogens is 466 g/mol. The van der Waals surface area contributed by atoms with Gasteiger partial charge in [-0.15, -0.1) is 11.3 Å². The number of rotatable bonds is 9. The summed E-state index contributed by atoms with van der Waals surface area (Å²) in [7, 11) is 0. The number of amides is 2. The van der Waals surface area contributed by atoms with Gasteiger partial charge in [0.05, 0.1) is 19.2 Å². The summed E-state index contributed by atoms with van der Waals surface area (Å²) >= 11 is 1.14. The number of nitrogens with one attached hydrogen (secondary N) is 2. The van der Waals surface area contributed by atoms with Crippen LogP contribution < -0.4 is 10.6 Å². The molecule has 0 bridgehead atoms. The number of fused-ring (bicyclic) bond motifs is 3. The van der Waals surface area contributed by atoms with Gasteiger partial charge in [-0.2, -0.15) is 0 Å². The highest BCUT2D eigenvalue weighted by atomic mass is 32.1. The highest BCUT2D eigenvalue weighted by Crippen LogP contribution is 2.44. The van der Waals surface area contributed by atoms with Crippen LogP contribution in [0.1, 0.15) is 52.0 Å². The van der Waals surface area contributed by atoms with E-state index in [4.69, 9.17) is 9.84 Å². The van der Waals surface area contributed by atoms with Crippen molar-refractivity contribution in [2.75, 3.05) is 6.61 Å². The summed E-state index contributed by atoms with van der Waals surface area (Å²) in [6.07, 6.45) is 0.708. The molecule has 1 aliphatic rings. The maximum absolute atomic E-state index is 12.5. The number of carboxylic acids is 1. The molecule has 3 N–H and O–H groups in total. The second-order valence-electron chi connectivity index (χ2n) is 8.72. The second kappa shape index (κ2) is 10.7. The number of ether oxygens (including phenoxy) is 1. The Hall–Kier alpha value is -3.72. The molecule has 35 heavy (non-hydrogen) atoms. The lowest BCUT2D eigenvalue weighted by Crippen LogP contribution is -2.39. The summed E-state index contributed by atoms with van der Waals surface area (Å²) < 4.78 is 5.52. The summed E-state index contributed by atoms with van der Waals surface area (Å²) in [5.41, 5.74) is 4.60. The van der Waals surface area contributed by atoms with Crippen LogP contribution >= 0.6 is 11.3 Å². The van der Waals surface area contributed by atoms with Crippen LogP contribution in [0.15, 0.2) is 54.7 Å². The zero-order valence-corrected chi connectivity index (χ0v) is 20.3. The van der Waals surface area contributed by atoms with E-state index in [1.165, 1.54) is 6.20 Å². The highest BCUT2D eigenvalue weighted by Gasteiger charge is 2.29. The Balaban J connectivity index is 1.30. The molecule has 4 rings (SSSR count). The van der Waals surface area contributed by atoms with Gasteiger partial charge < -0.3 is 20.5 Å². The standard InChI is InChI=1S/C26H27N3O5S/c1-15(2)21(11-24(30)31)29-25(32)22-12-27-23(35-22)13-28-26(33)34-14-20-18-9-5-3-7-16(18)17-8-4-6-10-19(17)20/h3-10,12,15,20-21H,11,13-14H2,1-2H3,(H,28,33)(H,29,32)(H,30,31)/t21-/m1/s1. The van der Waals surface area contributed by atoms with Gasteiger partial charge in [0.1, 0.15) is 16.5 Å². The summed E-state index contributed by atoms with van der Waals surface area (Å²) in [6.45, 7) is 4.04. The first-order chi connectivity index (χ1) is 16.8. The van der Waals surface area contributed by atoms with Crippen molar-refractivity contribution in [1.82, 2.24) is 15.6 Å². The van der Waals surface area contributed by atoms with Crippen molar-refractivity contribution in [3.8, 4) is 11.1 Å². The van der Waals surface area contributed by atoms with E-state index < -0.39 is 18.1 Å². The Kier molecular flexibility index (Phi) is 7.45. The van der Waals surface area contributed by atoms with Gasteiger partial charge in [0.15, 0.2) is 0 Å². The number of carbonyl (C=O) groups is 3. The van der Waals surface area contributed by atoms with Crippen LogP contribution in [0.3, 0.4) is 0 Å². The van der Waals surface area contributed by atoms with E-state index in [2.05, 4.69) is 39.9 Å². The average molecular weight is 494 g/mol. The van der Waals surface area contributed by atoms with Gasteiger partial charge >= 0.3 is 12.1 Å². The Labute approximate surface area is 207 Å². The van der Waals surface area contributed by atoms with Gasteiger partial charge in [-0.25, -0.2) is 9.78 Å². The van der Waals surface area contributed by atoms with E-state index in [1.54, 1.807) is 0 Å². The summed E-state index contributed by atoms with van der Waals surface area (Å²) in [4.78, 5) is 40.4. The number of alkyl carbamates (subject to hydrolysis) is 1. The summed E-state index contributed by atoms with van der Waals surface area (Å²) in [6, 6.07) is 15.8. The molecule has 0 spiro atoms. The van der Waals surface area contributed by atoms with Crippen molar-refractivity contribution in [1.29, 1.82) is 0 Å². The average Bonchev–Trinajstić information content (AvgIpc) is 3.44. The number of hydrogen-bond acceptors (Lipinski definition) is 6. The van der Waals surface area contributed by atoms with Gasteiger partial charge in [0.2, 0.25) is 0 Å². The molecule has 1 aromatic heterocycles. The molecule has 2 aromatic carbocycles. The quantitative estimate of drug-likeness (QED) is 0.406. The SMILES string of the molecule is CC(C)[C@@H](CC(=O)O)NC(=O)c1cnc(CNC(=O)OCC2c3ccccc3-c3ccccc32)s1. The maximum atomic E-state index is 12.5. The number of hydrogen-bond donors (Lipinski definition) is 3. The Bertz CT molecular complexity index is 1190. The molecule has 0 radical (unpaired) electrons. The zero-order chi connectivity index (χ0) is 24.9. The van der Waals surface area contributed by atoms with Crippen LogP contribution in [0.4, 0.5) is 4.79 Å². The van der Waals surface area contributed by atoms with E-state index in [0.717, 1.165) is 33.6 Å². The Morgan fingerprint density at radius 2 is 1.69 bits per heavy atom. The van der Waals surface area contributed by atoms with E-state index in [-0.39, 0.29) is 37.3 Å². The topological polar surface area (TPSA) is 118 Å². The van der Waals surface area contributed by atoms with Crippen LogP contribution in [-0.4, -0.2) is 40.7 Å². The lowest BCUT2D eigenvalue weighted by molar-refractivity contribution is -0.137. The monoisotopic (exact) mass is 493 g/mol. The predicted octanol–water partition coefficient (Wildman–Crippen LogP) is 4.41. The minimum Gasteiger partial charge on any atom is -0.481 e. The highest BCUT2D eigenvalue weighted by molar-refractivity contribution is 7.13. The molecule has 8 nitrogen and oxygen atoms in total. The molecule has 1 aliphatic carbocycles. The molecule has 2 amide bonds. The third kappa shape index (κ3) is 5.68. The predicted molar refractivity (Wildman–Crippen MR) is 132 cm³/mol. The Morgan fingerprint density at radius 1 is 1.06 bits per heavy atom. The minimum absolute atomic E-state index is 0.0250. The molecule has 0 aliphatic heterocycles. The van der Waals surface area contributed by atoms with E-state index in [1.807, 2.05) is 38.1 Å². The van der Waals surface area contributed by atoms with Crippen molar-refractivity contribution in [2.45, 2.75) is 38.8 Å². The molecule has 182 valence electrons. The van der Waals surface area contributed by atoms with Gasteiger partial charge in [-0.05, 0) is 28.2 Å². The van der Waals surface area contributed by atoms with Crippen molar-refractivity contribution in [2.24, 2.45) is 5.92 Å². The molecule has 1 heterocycles. The fourth-order valence-electron chi connectivity index (χ4n) is 4.18. The molecule has 0 fully saturated rings. The number of benzene rings is 2. The number of thiazole rings is 1. The van der Waals surface area contributed by atoms with Gasteiger partial charge in [0.25, 0.3) is 5.91 Å². The van der Waals surface area contributed by atoms with E-state index in [0.29, 0.717) is 9.88 Å². The third-order valence-electron chi connectivity index (χ3n) is 6.02. The van der Waals surface area contributed by atoms with Crippen LogP contribution in [0.2, 0.25) is 0 Å². The lowest BCUT2D eigenvalue weighted by atomic mass is 9.98. The van der Waals surface area contributed by atoms with Crippen molar-refractivity contribution < 1.29 is 24.2 Å². The fraction of sp³-hybridized carbons (Fsp3) is 0.308. The minimum atomic E-state index is -0.971. The largest absolute Gasteiger partial charge is 0.481 e. The molecular formula is C26H27N3O5S. The lowest BCUT2D eigenvalue weighted by Gasteiger charge is -2.19. The number of carboxylic acid groups (broad SMARTS) is 1. The van der Waals surface area contributed by atoms with Gasteiger partial charge in [-0.1, -0.05) is 62.4 Å². The first kappa shape index (κ1) is 24.4. The van der Waals surface area contributed by atoms with E-state index in [9.17, 15) is 14.4 Å². The normalized spacial score (nSPS) is 13.1. The molecule has 0 unspecified atom stereocenters. The molecule has 1 atom stereocenters. The molecule has 0 saturated carbocycles. The second-order valence-corrected chi connectivity index (χ2v) is 9.83. The zero-order valence-electron chi connectivity index (χ0n) is 19.5. The summed E-state index contributed by atoms with van der Waals surface area (Å²) in [5, 5.41) is 15.0. The number of nitrogens with zero attached hydrogens (tertiary/aromatic N) is 1. The van der Waals surface area contributed by atoms with Gasteiger partial charge in [0, 0.05) is 12.0 Å². The van der Waals surface area contributed by atoms with Crippen LogP contribution in [0.25, 0.3) is 11.1 Å². The number of aliphatic carboxylic acids is 1. The number of aromatic nitrogens is 1. The third-order valence-corrected chi connectivity index (χ3v) is 7.02. The van der Waals surface area contributed by atoms with Crippen LogP contribution in [0, 0.1) is 5.92 Å². The van der Waals surface area contributed by atoms with Crippen LogP contribution in [0.5, 0.6) is 0 Å². The smallest absolute Gasteiger partial charge is 0.407 e. The van der Waals surface area contributed by atoms with Crippen molar-refractivity contribution >= 4 is 29.3 Å². The van der Waals surface area contributed by atoms with Crippen molar-refractivity contribution in [3.05, 3.63) is 75.7 Å². The first-order valence-corrected chi connectivity index (χ1v) is 12.2. The molecule has 9 heteroatoms. The first-order valence-electron chi connectivity index (χ1n) is 11.4. The van der Waals surface area contributed by atoms with Gasteiger partial charge in [-0.3, -0.25) is 9.59 Å².